The molecule has 1 heterocycles. The second-order valence-corrected chi connectivity index (χ2v) is 10.9. The number of carbonyl (C=O) groups excluding carboxylic acids is 3. The minimum Gasteiger partial charge on any atom is -0.480 e. The van der Waals surface area contributed by atoms with Crippen LogP contribution >= 0.6 is 0 Å². The lowest BCUT2D eigenvalue weighted by atomic mass is 9.98. The lowest BCUT2D eigenvalue weighted by Gasteiger charge is -2.29. The molecule has 0 radical (unpaired) electrons. The first kappa shape index (κ1) is 31.0. The molecule has 2 aliphatic rings. The van der Waals surface area contributed by atoms with E-state index in [1.54, 1.807) is 20.8 Å². The zero-order chi connectivity index (χ0) is 31.1. The molecule has 4 rings (SSSR count). The summed E-state index contributed by atoms with van der Waals surface area (Å²) in [6.45, 7) is 4.01. The standard InChI is InChI=1S/C30H35N5O8/c1-30(2,3)43-29(41)33-24-12-14-35(27(39)32-24)16-25(36)34(17-26(37)38)15-13-31-28(40)42-18-23-21-10-6-4-8-19(21)20-9-5-7-11-22(20)23/h4-12,14,23,27,39H,13,15-18H2,1-3H3,(H,31,40)(H,37,38)(H,32,33,41). The minimum absolute atomic E-state index is 0.0279. The maximum absolute atomic E-state index is 12.9. The zero-order valence-electron chi connectivity index (χ0n) is 24.1. The molecule has 0 saturated carbocycles. The molecule has 228 valence electrons. The maximum atomic E-state index is 12.9. The van der Waals surface area contributed by atoms with Crippen LogP contribution in [0.25, 0.3) is 11.1 Å². The van der Waals surface area contributed by atoms with E-state index in [4.69, 9.17) is 9.47 Å². The van der Waals surface area contributed by atoms with E-state index in [9.17, 15) is 29.4 Å². The molecule has 3 amide bonds. The van der Waals surface area contributed by atoms with Crippen LogP contribution in [0.3, 0.4) is 0 Å². The van der Waals surface area contributed by atoms with Crippen LogP contribution in [-0.2, 0) is 19.1 Å². The molecule has 2 aromatic carbocycles. The minimum atomic E-state index is -1.51. The second kappa shape index (κ2) is 13.4. The summed E-state index contributed by atoms with van der Waals surface area (Å²) in [4.78, 5) is 54.9. The first-order valence-corrected chi connectivity index (χ1v) is 13.7. The Bertz CT molecular complexity index is 1390. The van der Waals surface area contributed by atoms with Crippen LogP contribution in [-0.4, -0.2) is 94.7 Å². The maximum Gasteiger partial charge on any atom is 0.413 e. The van der Waals surface area contributed by atoms with Gasteiger partial charge in [-0.3, -0.25) is 14.9 Å². The summed E-state index contributed by atoms with van der Waals surface area (Å²) in [7, 11) is 0. The summed E-state index contributed by atoms with van der Waals surface area (Å²) in [5.74, 6) is -1.96. The normalized spacial score (nSPS) is 15.6. The van der Waals surface area contributed by atoms with E-state index in [0.29, 0.717) is 0 Å². The number of aliphatic hydroxyl groups is 1. The molecule has 1 aliphatic carbocycles. The molecular weight excluding hydrogens is 558 g/mol. The number of amides is 3. The number of alkyl carbamates (subject to hydrolysis) is 2. The van der Waals surface area contributed by atoms with E-state index in [1.165, 1.54) is 12.3 Å². The molecule has 0 saturated heterocycles. The Morgan fingerprint density at radius 1 is 1.00 bits per heavy atom. The number of rotatable bonds is 9. The molecule has 0 fully saturated rings. The number of hydrogen-bond donors (Lipinski definition) is 4. The number of fused-ring (bicyclic) bond motifs is 3. The number of ether oxygens (including phenoxy) is 2. The summed E-state index contributed by atoms with van der Waals surface area (Å²) in [5, 5.41) is 24.6. The van der Waals surface area contributed by atoms with Gasteiger partial charge in [0, 0.05) is 25.2 Å². The van der Waals surface area contributed by atoms with Crippen molar-refractivity contribution in [3.8, 4) is 11.1 Å². The quantitative estimate of drug-likeness (QED) is 0.341. The summed E-state index contributed by atoms with van der Waals surface area (Å²) in [5.41, 5.74) is 3.62. The highest BCUT2D eigenvalue weighted by atomic mass is 16.6. The summed E-state index contributed by atoms with van der Waals surface area (Å²) < 4.78 is 10.6. The monoisotopic (exact) mass is 593 g/mol. The molecule has 1 aliphatic heterocycles. The Kier molecular flexibility index (Phi) is 9.66. The number of aliphatic carboxylic acids is 1. The number of aliphatic hydroxyl groups excluding tert-OH is 1. The average molecular weight is 594 g/mol. The van der Waals surface area contributed by atoms with Crippen LogP contribution in [0, 0.1) is 0 Å². The fraction of sp³-hybridized carbons (Fsp3) is 0.367. The van der Waals surface area contributed by atoms with Crippen molar-refractivity contribution < 1.29 is 38.9 Å². The van der Waals surface area contributed by atoms with Crippen LogP contribution in [0.5, 0.6) is 0 Å². The zero-order valence-corrected chi connectivity index (χ0v) is 24.1. The van der Waals surface area contributed by atoms with Crippen molar-refractivity contribution >= 4 is 29.9 Å². The molecule has 4 N–H and O–H groups in total. The summed E-state index contributed by atoms with van der Waals surface area (Å²) >= 11 is 0. The smallest absolute Gasteiger partial charge is 0.413 e. The molecule has 0 bridgehead atoms. The number of amidine groups is 1. The predicted octanol–water partition coefficient (Wildman–Crippen LogP) is 2.47. The molecule has 13 nitrogen and oxygen atoms in total. The fourth-order valence-corrected chi connectivity index (χ4v) is 4.76. The van der Waals surface area contributed by atoms with Gasteiger partial charge in [0.05, 0.1) is 0 Å². The number of nitrogens with zero attached hydrogens (tertiary/aromatic N) is 3. The number of carbonyl (C=O) groups is 4. The first-order valence-electron chi connectivity index (χ1n) is 13.7. The van der Waals surface area contributed by atoms with E-state index in [0.717, 1.165) is 32.1 Å². The highest BCUT2D eigenvalue weighted by Gasteiger charge is 2.29. The van der Waals surface area contributed by atoms with Crippen LogP contribution in [0.15, 0.2) is 65.8 Å². The molecule has 0 aromatic heterocycles. The van der Waals surface area contributed by atoms with Crippen LogP contribution < -0.4 is 10.6 Å². The third-order valence-electron chi connectivity index (χ3n) is 6.60. The van der Waals surface area contributed by atoms with Gasteiger partial charge in [0.2, 0.25) is 12.3 Å². The Hall–Kier alpha value is -4.91. The average Bonchev–Trinajstić information content (AvgIpc) is 3.25. The van der Waals surface area contributed by atoms with Crippen molar-refractivity contribution in [3.63, 3.8) is 0 Å². The number of nitrogens with one attached hydrogen (secondary N) is 2. The van der Waals surface area contributed by atoms with E-state index in [-0.39, 0.29) is 31.4 Å². The van der Waals surface area contributed by atoms with E-state index >= 15 is 0 Å². The van der Waals surface area contributed by atoms with E-state index in [1.807, 2.05) is 48.5 Å². The van der Waals surface area contributed by atoms with Crippen molar-refractivity contribution in [1.29, 1.82) is 0 Å². The lowest BCUT2D eigenvalue weighted by molar-refractivity contribution is -0.145. The highest BCUT2D eigenvalue weighted by Crippen LogP contribution is 2.44. The summed E-state index contributed by atoms with van der Waals surface area (Å²) in [6.07, 6.45) is -0.257. The Morgan fingerprint density at radius 3 is 2.21 bits per heavy atom. The van der Waals surface area contributed by atoms with Gasteiger partial charge in [-0.2, -0.15) is 0 Å². The first-order chi connectivity index (χ1) is 20.4. The number of aliphatic imine (C=N–C) groups is 1. The number of carboxylic acid groups (broad SMARTS) is 1. The van der Waals surface area contributed by atoms with Crippen molar-refractivity contribution in [2.45, 2.75) is 38.6 Å². The number of benzene rings is 2. The molecule has 1 unspecified atom stereocenters. The van der Waals surface area contributed by atoms with Gasteiger partial charge in [-0.25, -0.2) is 14.6 Å². The molecule has 43 heavy (non-hydrogen) atoms. The predicted molar refractivity (Wildman–Crippen MR) is 156 cm³/mol. The Labute approximate surface area is 248 Å². The molecule has 1 atom stereocenters. The third-order valence-corrected chi connectivity index (χ3v) is 6.60. The lowest BCUT2D eigenvalue weighted by Crippen LogP contribution is -2.48. The van der Waals surface area contributed by atoms with Crippen molar-refractivity contribution in [2.24, 2.45) is 4.99 Å². The van der Waals surface area contributed by atoms with Gasteiger partial charge >= 0.3 is 18.2 Å². The SMILES string of the molecule is CC(C)(C)OC(=O)NC1=NC(O)N(CC(=O)N(CCNC(=O)OCC2c3ccccc3-c3ccccc32)CC(=O)O)C=C1. The van der Waals surface area contributed by atoms with E-state index in [2.05, 4.69) is 15.6 Å². The topological polar surface area (TPSA) is 170 Å². The third kappa shape index (κ3) is 8.32. The van der Waals surface area contributed by atoms with Gasteiger partial charge in [0.15, 0.2) is 0 Å². The van der Waals surface area contributed by atoms with E-state index < -0.39 is 49.1 Å². The van der Waals surface area contributed by atoms with Crippen LogP contribution in [0.4, 0.5) is 9.59 Å². The van der Waals surface area contributed by atoms with Gasteiger partial charge in [-0.15, -0.1) is 0 Å². The second-order valence-electron chi connectivity index (χ2n) is 10.9. The van der Waals surface area contributed by atoms with Gasteiger partial charge in [-0.1, -0.05) is 48.5 Å². The fourth-order valence-electron chi connectivity index (χ4n) is 4.76. The van der Waals surface area contributed by atoms with Gasteiger partial charge in [0.1, 0.15) is 31.1 Å². The Balaban J connectivity index is 1.26. The van der Waals surface area contributed by atoms with Crippen molar-refractivity contribution in [3.05, 3.63) is 71.9 Å². The number of carboxylic acids is 1. The number of hydrogen-bond acceptors (Lipinski definition) is 9. The van der Waals surface area contributed by atoms with Crippen LogP contribution in [0.2, 0.25) is 0 Å². The van der Waals surface area contributed by atoms with Crippen molar-refractivity contribution in [2.75, 3.05) is 32.8 Å². The van der Waals surface area contributed by atoms with Gasteiger partial charge in [-0.05, 0) is 49.1 Å². The molecule has 13 heteroatoms. The molecular formula is C30H35N5O8. The molecule has 0 spiro atoms. The molecule has 2 aromatic rings. The Morgan fingerprint density at radius 2 is 1.63 bits per heavy atom. The summed E-state index contributed by atoms with van der Waals surface area (Å²) in [6, 6.07) is 15.9. The van der Waals surface area contributed by atoms with Crippen LogP contribution in [0.1, 0.15) is 37.8 Å². The van der Waals surface area contributed by atoms with Gasteiger partial charge in [0.25, 0.3) is 0 Å². The van der Waals surface area contributed by atoms with Gasteiger partial charge < -0.3 is 34.8 Å². The highest BCUT2D eigenvalue weighted by molar-refractivity contribution is 6.02. The largest absolute Gasteiger partial charge is 0.480 e. The van der Waals surface area contributed by atoms with Crippen molar-refractivity contribution in [1.82, 2.24) is 20.4 Å².